The SMILES string of the molecule is C[C@H](N=[P+]([O-])Oc1c(OC[C@H]2O[C@@H](n3cnc4c(N)ncnc43)[C@](C)(O)[C@@H]2F)ccc2ccccc12)C(=O)OCC(C)(C)C. The first-order chi connectivity index (χ1) is 20.8. The molecular weight excluding hydrogens is 594 g/mol. The number of imidazole rings is 1. The Hall–Kier alpha value is -3.97. The summed E-state index contributed by atoms with van der Waals surface area (Å²) in [6, 6.07) is 9.46. The quantitative estimate of drug-likeness (QED) is 0.203. The van der Waals surface area contributed by atoms with Crippen LogP contribution < -0.4 is 19.9 Å². The van der Waals surface area contributed by atoms with Gasteiger partial charge in [0.05, 0.1) is 12.9 Å². The van der Waals surface area contributed by atoms with E-state index in [-0.39, 0.29) is 47.1 Å². The van der Waals surface area contributed by atoms with Gasteiger partial charge >= 0.3 is 14.1 Å². The third kappa shape index (κ3) is 6.43. The maximum absolute atomic E-state index is 15.6. The average Bonchev–Trinajstić information content (AvgIpc) is 3.49. The van der Waals surface area contributed by atoms with Crippen molar-refractivity contribution in [2.24, 2.45) is 10.2 Å². The molecular formula is C29H34FN6O7P. The van der Waals surface area contributed by atoms with E-state index >= 15 is 4.39 Å². The summed E-state index contributed by atoms with van der Waals surface area (Å²) < 4.78 is 43.9. The van der Waals surface area contributed by atoms with Crippen LogP contribution in [0.1, 0.15) is 40.8 Å². The highest BCUT2D eigenvalue weighted by atomic mass is 31.1. The molecule has 0 bridgehead atoms. The van der Waals surface area contributed by atoms with Crippen LogP contribution in [0.5, 0.6) is 11.5 Å². The number of carbonyl (C=O) groups is 1. The highest BCUT2D eigenvalue weighted by Crippen LogP contribution is 2.43. The molecule has 1 aliphatic heterocycles. The number of aliphatic hydroxyl groups is 1. The van der Waals surface area contributed by atoms with E-state index in [1.165, 1.54) is 31.1 Å². The van der Waals surface area contributed by atoms with Crippen LogP contribution in [0, 0.1) is 5.41 Å². The summed E-state index contributed by atoms with van der Waals surface area (Å²) in [4.78, 5) is 37.6. The summed E-state index contributed by atoms with van der Waals surface area (Å²) in [6.45, 7) is 8.37. The predicted octanol–water partition coefficient (Wildman–Crippen LogP) is 3.84. The molecule has 2 aromatic carbocycles. The van der Waals surface area contributed by atoms with Gasteiger partial charge in [0, 0.05) is 5.39 Å². The summed E-state index contributed by atoms with van der Waals surface area (Å²) >= 11 is 0. The van der Waals surface area contributed by atoms with Gasteiger partial charge in [0.2, 0.25) is 5.75 Å². The van der Waals surface area contributed by atoms with E-state index in [4.69, 9.17) is 24.5 Å². The van der Waals surface area contributed by atoms with Gasteiger partial charge in [-0.05, 0) is 30.7 Å². The Bertz CT molecular complexity index is 1710. The van der Waals surface area contributed by atoms with E-state index in [2.05, 4.69) is 19.7 Å². The summed E-state index contributed by atoms with van der Waals surface area (Å²) in [7, 11) is -2.74. The van der Waals surface area contributed by atoms with E-state index in [1.807, 2.05) is 32.9 Å². The second-order valence-corrected chi connectivity index (χ2v) is 12.8. The van der Waals surface area contributed by atoms with Crippen LogP contribution >= 0.6 is 8.17 Å². The number of anilines is 1. The number of hydrogen-bond donors (Lipinski definition) is 2. The molecule has 234 valence electrons. The minimum absolute atomic E-state index is 0.0905. The molecule has 1 fully saturated rings. The number of nitrogens with zero attached hydrogens (tertiary/aromatic N) is 5. The van der Waals surface area contributed by atoms with Crippen molar-refractivity contribution in [1.29, 1.82) is 0 Å². The maximum atomic E-state index is 15.6. The normalized spacial score (nSPS) is 23.2. The van der Waals surface area contributed by atoms with Crippen LogP contribution in [0.2, 0.25) is 0 Å². The van der Waals surface area contributed by atoms with Crippen molar-refractivity contribution in [1.82, 2.24) is 19.5 Å². The molecule has 1 unspecified atom stereocenters. The van der Waals surface area contributed by atoms with Gasteiger partial charge in [0.15, 0.2) is 35.7 Å². The van der Waals surface area contributed by atoms with E-state index < -0.39 is 44.3 Å². The molecule has 6 atom stereocenters. The zero-order valence-corrected chi connectivity index (χ0v) is 25.8. The Morgan fingerprint density at radius 2 is 2.02 bits per heavy atom. The first-order valence-corrected chi connectivity index (χ1v) is 15.0. The predicted molar refractivity (Wildman–Crippen MR) is 158 cm³/mol. The van der Waals surface area contributed by atoms with Gasteiger partial charge in [-0.2, -0.15) is 0 Å². The van der Waals surface area contributed by atoms with E-state index in [0.717, 1.165) is 5.39 Å². The number of carbonyl (C=O) groups excluding carboxylic acids is 1. The number of aromatic nitrogens is 4. The van der Waals surface area contributed by atoms with Gasteiger partial charge in [0.1, 0.15) is 30.2 Å². The van der Waals surface area contributed by atoms with Crippen molar-refractivity contribution in [2.75, 3.05) is 18.9 Å². The smallest absolute Gasteiger partial charge is 0.395 e. The van der Waals surface area contributed by atoms with Crippen LogP contribution in [0.15, 0.2) is 53.8 Å². The average molecular weight is 629 g/mol. The molecule has 1 saturated heterocycles. The Labute approximate surface area is 253 Å². The van der Waals surface area contributed by atoms with Crippen LogP contribution in [-0.2, 0) is 14.3 Å². The number of halogens is 1. The van der Waals surface area contributed by atoms with Crippen LogP contribution in [0.3, 0.4) is 0 Å². The fraction of sp³-hybridized carbons (Fsp3) is 0.448. The number of benzene rings is 2. The summed E-state index contributed by atoms with van der Waals surface area (Å²) in [5.41, 5.74) is 4.21. The lowest BCUT2D eigenvalue weighted by Crippen LogP contribution is -2.42. The third-order valence-corrected chi connectivity index (χ3v) is 7.87. The summed E-state index contributed by atoms with van der Waals surface area (Å²) in [5.74, 6) is -0.270. The molecule has 2 aromatic heterocycles. The lowest BCUT2D eigenvalue weighted by molar-refractivity contribution is -0.169. The molecule has 0 aliphatic carbocycles. The van der Waals surface area contributed by atoms with Crippen molar-refractivity contribution < 1.29 is 37.9 Å². The number of fused-ring (bicyclic) bond motifs is 2. The summed E-state index contributed by atoms with van der Waals surface area (Å²) in [5, 5.41) is 12.4. The lowest BCUT2D eigenvalue weighted by Gasteiger charge is -2.26. The van der Waals surface area contributed by atoms with E-state index in [9.17, 15) is 14.8 Å². The largest absolute Gasteiger partial charge is 0.575 e. The Balaban J connectivity index is 1.36. The number of nitrogens with two attached hydrogens (primary N) is 1. The molecule has 0 radical (unpaired) electrons. The highest BCUT2D eigenvalue weighted by Gasteiger charge is 2.55. The Morgan fingerprint density at radius 3 is 2.77 bits per heavy atom. The van der Waals surface area contributed by atoms with Crippen molar-refractivity contribution in [2.45, 2.75) is 64.8 Å². The number of nitrogen functional groups attached to an aromatic ring is 1. The first kappa shape index (κ1) is 31.5. The zero-order chi connectivity index (χ0) is 31.8. The minimum atomic E-state index is -2.74. The minimum Gasteiger partial charge on any atom is -0.575 e. The summed E-state index contributed by atoms with van der Waals surface area (Å²) in [6.07, 6.45) is -1.71. The van der Waals surface area contributed by atoms with Gasteiger partial charge in [-0.1, -0.05) is 55.8 Å². The van der Waals surface area contributed by atoms with Gasteiger partial charge in [-0.3, -0.25) is 9.09 Å². The van der Waals surface area contributed by atoms with Crippen LogP contribution in [0.4, 0.5) is 10.2 Å². The highest BCUT2D eigenvalue weighted by molar-refractivity contribution is 7.34. The standard InChI is InChI=1S/C29H34FN6O7P/c1-16(26(37)41-13-28(2,3)4)35-44(39)43-22-18-9-7-6-8-17(18)10-11-19(22)40-12-20-23(30)29(5,38)27(42-20)36-15-34-21-24(31)32-14-33-25(21)36/h6-11,14-16,20,23,27,38H,12-13H2,1-5H3,(H2,31,32,33)/t16-,20+,23+,27+,29+/m0/s1. The van der Waals surface area contributed by atoms with E-state index in [0.29, 0.717) is 5.39 Å². The monoisotopic (exact) mass is 628 g/mol. The maximum Gasteiger partial charge on any atom is 0.395 e. The van der Waals surface area contributed by atoms with Gasteiger partial charge in [0.25, 0.3) is 0 Å². The number of esters is 1. The molecule has 3 heterocycles. The fourth-order valence-electron chi connectivity index (χ4n) is 4.70. The van der Waals surface area contributed by atoms with Gasteiger partial charge < -0.3 is 29.9 Å². The fourth-order valence-corrected chi connectivity index (χ4v) is 5.47. The van der Waals surface area contributed by atoms with E-state index in [1.54, 1.807) is 24.3 Å². The Kier molecular flexibility index (Phi) is 8.72. The number of hydrogen-bond acceptors (Lipinski definition) is 12. The van der Waals surface area contributed by atoms with Crippen molar-refractivity contribution >= 4 is 41.9 Å². The zero-order valence-electron chi connectivity index (χ0n) is 24.9. The van der Waals surface area contributed by atoms with Crippen molar-refractivity contribution in [3.63, 3.8) is 0 Å². The number of rotatable bonds is 9. The molecule has 1 aliphatic rings. The lowest BCUT2D eigenvalue weighted by atomic mass is 9.98. The third-order valence-electron chi connectivity index (χ3n) is 7.00. The molecule has 13 nitrogen and oxygen atoms in total. The second-order valence-electron chi connectivity index (χ2n) is 12.0. The van der Waals surface area contributed by atoms with Gasteiger partial charge in [-0.25, -0.2) is 24.1 Å². The molecule has 44 heavy (non-hydrogen) atoms. The molecule has 15 heteroatoms. The second kappa shape index (κ2) is 12.2. The molecule has 0 spiro atoms. The number of ether oxygens (including phenoxy) is 3. The molecule has 0 amide bonds. The molecule has 4 aromatic rings. The van der Waals surface area contributed by atoms with Crippen molar-refractivity contribution in [3.05, 3.63) is 49.1 Å². The number of alkyl halides is 1. The molecule has 3 N–H and O–H groups in total. The van der Waals surface area contributed by atoms with Crippen LogP contribution in [0.25, 0.3) is 21.9 Å². The first-order valence-electron chi connectivity index (χ1n) is 13.9. The topological polar surface area (TPSA) is 179 Å². The Morgan fingerprint density at radius 1 is 1.27 bits per heavy atom. The van der Waals surface area contributed by atoms with Crippen LogP contribution in [-0.4, -0.2) is 67.7 Å². The van der Waals surface area contributed by atoms with Gasteiger partial charge in [-0.15, -0.1) is 0 Å². The molecule has 0 saturated carbocycles. The van der Waals surface area contributed by atoms with Crippen molar-refractivity contribution in [3.8, 4) is 11.5 Å². The molecule has 5 rings (SSSR count).